The van der Waals surface area contributed by atoms with E-state index in [-0.39, 0.29) is 0 Å². The molecule has 0 aromatic heterocycles. The van der Waals surface area contributed by atoms with E-state index < -0.39 is 0 Å². The Balaban J connectivity index is 2.48. The molecule has 0 aliphatic heterocycles. The first-order valence-electron chi connectivity index (χ1n) is 6.18. The van der Waals surface area contributed by atoms with Gasteiger partial charge in [-0.1, -0.05) is 34.6 Å². The highest BCUT2D eigenvalue weighted by Crippen LogP contribution is 2.41. The van der Waals surface area contributed by atoms with Crippen molar-refractivity contribution in [1.29, 1.82) is 0 Å². The largest absolute Gasteiger partial charge is 0.314 e. The van der Waals surface area contributed by atoms with E-state index in [1.165, 1.54) is 19.3 Å². The highest BCUT2D eigenvalue weighted by molar-refractivity contribution is 4.87. The van der Waals surface area contributed by atoms with Crippen LogP contribution in [0.25, 0.3) is 0 Å². The molecule has 0 aromatic carbocycles. The quantitative estimate of drug-likeness (QED) is 0.715. The molecule has 1 saturated carbocycles. The van der Waals surface area contributed by atoms with Crippen LogP contribution in [0.5, 0.6) is 0 Å². The predicted octanol–water partition coefficient (Wildman–Crippen LogP) is 3.45. The van der Waals surface area contributed by atoms with E-state index in [0.29, 0.717) is 5.41 Å². The minimum atomic E-state index is 0.497. The van der Waals surface area contributed by atoms with E-state index in [1.54, 1.807) is 0 Å². The Morgan fingerprint density at radius 2 is 1.86 bits per heavy atom. The van der Waals surface area contributed by atoms with E-state index in [2.05, 4.69) is 39.9 Å². The SMILES string of the molecule is CCNC1CCC(C(C)(C)C)C(C)C1. The summed E-state index contributed by atoms with van der Waals surface area (Å²) in [5.41, 5.74) is 0.497. The third-order valence-corrected chi connectivity index (χ3v) is 3.77. The van der Waals surface area contributed by atoms with Gasteiger partial charge in [-0.15, -0.1) is 0 Å². The van der Waals surface area contributed by atoms with Crippen molar-refractivity contribution < 1.29 is 0 Å². The maximum atomic E-state index is 3.59. The average Bonchev–Trinajstić information content (AvgIpc) is 2.02. The van der Waals surface area contributed by atoms with E-state index in [9.17, 15) is 0 Å². The van der Waals surface area contributed by atoms with E-state index in [0.717, 1.165) is 24.4 Å². The molecule has 0 spiro atoms. The lowest BCUT2D eigenvalue weighted by atomic mass is 9.66. The maximum Gasteiger partial charge on any atom is 0.00696 e. The van der Waals surface area contributed by atoms with Gasteiger partial charge in [0, 0.05) is 6.04 Å². The lowest BCUT2D eigenvalue weighted by Crippen LogP contribution is -2.40. The summed E-state index contributed by atoms with van der Waals surface area (Å²) in [7, 11) is 0. The number of hydrogen-bond acceptors (Lipinski definition) is 1. The lowest BCUT2D eigenvalue weighted by Gasteiger charge is -2.42. The molecule has 1 N–H and O–H groups in total. The smallest absolute Gasteiger partial charge is 0.00696 e. The maximum absolute atomic E-state index is 3.59. The number of rotatable bonds is 2. The molecular formula is C13H27N. The fraction of sp³-hybridized carbons (Fsp3) is 1.00. The van der Waals surface area contributed by atoms with Gasteiger partial charge >= 0.3 is 0 Å². The van der Waals surface area contributed by atoms with Crippen LogP contribution < -0.4 is 5.32 Å². The first-order chi connectivity index (χ1) is 6.45. The molecule has 14 heavy (non-hydrogen) atoms. The van der Waals surface area contributed by atoms with Gasteiger partial charge in [-0.25, -0.2) is 0 Å². The second-order valence-corrected chi connectivity index (χ2v) is 6.02. The predicted molar refractivity (Wildman–Crippen MR) is 63.4 cm³/mol. The summed E-state index contributed by atoms with van der Waals surface area (Å²) in [4.78, 5) is 0. The molecule has 0 heterocycles. The average molecular weight is 197 g/mol. The molecule has 1 nitrogen and oxygen atoms in total. The van der Waals surface area contributed by atoms with Crippen molar-refractivity contribution in [3.8, 4) is 0 Å². The van der Waals surface area contributed by atoms with Crippen molar-refractivity contribution in [3.05, 3.63) is 0 Å². The Kier molecular flexibility index (Phi) is 4.00. The van der Waals surface area contributed by atoms with E-state index in [4.69, 9.17) is 0 Å². The van der Waals surface area contributed by atoms with Crippen LogP contribution in [-0.2, 0) is 0 Å². The molecule has 3 atom stereocenters. The summed E-state index contributed by atoms with van der Waals surface area (Å²) in [6.45, 7) is 12.9. The van der Waals surface area contributed by atoms with Gasteiger partial charge in [0.2, 0.25) is 0 Å². The Morgan fingerprint density at radius 1 is 1.21 bits per heavy atom. The van der Waals surface area contributed by atoms with Crippen molar-refractivity contribution in [3.63, 3.8) is 0 Å². The zero-order valence-electron chi connectivity index (χ0n) is 10.6. The molecule has 0 amide bonds. The third kappa shape index (κ3) is 2.98. The minimum Gasteiger partial charge on any atom is -0.314 e. The molecule has 1 fully saturated rings. The van der Waals surface area contributed by atoms with Crippen molar-refractivity contribution in [2.75, 3.05) is 6.54 Å². The van der Waals surface area contributed by atoms with E-state index in [1.807, 2.05) is 0 Å². The van der Waals surface area contributed by atoms with Crippen LogP contribution >= 0.6 is 0 Å². The molecule has 1 aliphatic rings. The number of hydrogen-bond donors (Lipinski definition) is 1. The summed E-state index contributed by atoms with van der Waals surface area (Å²) >= 11 is 0. The molecule has 0 radical (unpaired) electrons. The van der Waals surface area contributed by atoms with Gasteiger partial charge in [0.05, 0.1) is 0 Å². The zero-order valence-corrected chi connectivity index (χ0v) is 10.6. The van der Waals surface area contributed by atoms with Crippen LogP contribution in [-0.4, -0.2) is 12.6 Å². The van der Waals surface area contributed by atoms with Gasteiger partial charge in [0.25, 0.3) is 0 Å². The molecule has 0 bridgehead atoms. The van der Waals surface area contributed by atoms with Crippen LogP contribution in [0.15, 0.2) is 0 Å². The molecule has 0 saturated heterocycles. The molecule has 1 heteroatoms. The Bertz CT molecular complexity index is 169. The Hall–Kier alpha value is -0.0400. The van der Waals surface area contributed by atoms with Gasteiger partial charge in [0.15, 0.2) is 0 Å². The molecule has 1 rings (SSSR count). The highest BCUT2D eigenvalue weighted by Gasteiger charge is 2.34. The van der Waals surface area contributed by atoms with E-state index >= 15 is 0 Å². The standard InChI is InChI=1S/C13H27N/c1-6-14-11-7-8-12(10(2)9-11)13(3,4)5/h10-12,14H,6-9H2,1-5H3. The van der Waals surface area contributed by atoms with Gasteiger partial charge in [0.1, 0.15) is 0 Å². The summed E-state index contributed by atoms with van der Waals surface area (Å²) < 4.78 is 0. The summed E-state index contributed by atoms with van der Waals surface area (Å²) in [5, 5.41) is 3.59. The fourth-order valence-electron chi connectivity index (χ4n) is 3.16. The molecule has 3 unspecified atom stereocenters. The topological polar surface area (TPSA) is 12.0 Å². The summed E-state index contributed by atoms with van der Waals surface area (Å²) in [6.07, 6.45) is 4.15. The fourth-order valence-corrected chi connectivity index (χ4v) is 3.16. The lowest BCUT2D eigenvalue weighted by molar-refractivity contribution is 0.102. The van der Waals surface area contributed by atoms with Gasteiger partial charge in [-0.2, -0.15) is 0 Å². The van der Waals surface area contributed by atoms with Gasteiger partial charge in [-0.05, 0) is 43.1 Å². The summed E-state index contributed by atoms with van der Waals surface area (Å²) in [6, 6.07) is 0.786. The van der Waals surface area contributed by atoms with Crippen LogP contribution in [0.4, 0.5) is 0 Å². The molecule has 84 valence electrons. The zero-order chi connectivity index (χ0) is 10.8. The van der Waals surface area contributed by atoms with Gasteiger partial charge < -0.3 is 5.32 Å². The molecular weight excluding hydrogens is 170 g/mol. The van der Waals surface area contributed by atoms with Crippen molar-refractivity contribution >= 4 is 0 Å². The second-order valence-electron chi connectivity index (χ2n) is 6.02. The van der Waals surface area contributed by atoms with Gasteiger partial charge in [-0.3, -0.25) is 0 Å². The van der Waals surface area contributed by atoms with Crippen molar-refractivity contribution in [2.24, 2.45) is 17.3 Å². The van der Waals surface area contributed by atoms with Crippen LogP contribution in [0, 0.1) is 17.3 Å². The second kappa shape index (κ2) is 4.65. The highest BCUT2D eigenvalue weighted by atomic mass is 14.9. The first kappa shape index (κ1) is 12.0. The summed E-state index contributed by atoms with van der Waals surface area (Å²) in [5.74, 6) is 1.80. The molecule has 0 aromatic rings. The Labute approximate surface area is 89.7 Å². The van der Waals surface area contributed by atoms with Crippen LogP contribution in [0.3, 0.4) is 0 Å². The third-order valence-electron chi connectivity index (χ3n) is 3.77. The van der Waals surface area contributed by atoms with Crippen molar-refractivity contribution in [2.45, 2.75) is 59.9 Å². The first-order valence-corrected chi connectivity index (χ1v) is 6.18. The number of nitrogens with one attached hydrogen (secondary N) is 1. The normalized spacial score (nSPS) is 34.5. The minimum absolute atomic E-state index is 0.497. The van der Waals surface area contributed by atoms with Crippen LogP contribution in [0.1, 0.15) is 53.9 Å². The monoisotopic (exact) mass is 197 g/mol. The van der Waals surface area contributed by atoms with Crippen molar-refractivity contribution in [1.82, 2.24) is 5.32 Å². The van der Waals surface area contributed by atoms with Crippen LogP contribution in [0.2, 0.25) is 0 Å². The Morgan fingerprint density at radius 3 is 2.29 bits per heavy atom. The molecule has 1 aliphatic carbocycles.